The van der Waals surface area contributed by atoms with E-state index in [4.69, 9.17) is 11.6 Å². The van der Waals surface area contributed by atoms with Crippen molar-refractivity contribution in [1.82, 2.24) is 14.4 Å². The van der Waals surface area contributed by atoms with Crippen LogP contribution in [0.1, 0.15) is 16.2 Å². The van der Waals surface area contributed by atoms with Crippen LogP contribution in [0.5, 0.6) is 0 Å². The molecule has 5 nitrogen and oxygen atoms in total. The molecule has 0 aliphatic carbocycles. The molecule has 0 aliphatic rings. The maximum Gasteiger partial charge on any atom is 0.277 e. The van der Waals surface area contributed by atoms with Crippen LogP contribution < -0.4 is 5.32 Å². The number of amides is 1. The maximum absolute atomic E-state index is 12.4. The summed E-state index contributed by atoms with van der Waals surface area (Å²) >= 11 is 8.77. The Morgan fingerprint density at radius 3 is 2.88 bits per heavy atom. The fraction of sp³-hybridized carbons (Fsp3) is 0.0625. The van der Waals surface area contributed by atoms with Crippen LogP contribution in [0.15, 0.2) is 41.9 Å². The third kappa shape index (κ3) is 2.82. The van der Waals surface area contributed by atoms with Crippen molar-refractivity contribution in [2.75, 3.05) is 5.32 Å². The highest BCUT2D eigenvalue weighted by Gasteiger charge is 2.14. The summed E-state index contributed by atoms with van der Waals surface area (Å²) in [5.74, 6) is -0.275. The molecule has 1 N–H and O–H groups in total. The number of imidazole rings is 1. The van der Waals surface area contributed by atoms with Gasteiger partial charge in [0.25, 0.3) is 5.91 Å². The van der Waals surface area contributed by atoms with Crippen LogP contribution in [0.25, 0.3) is 16.2 Å². The van der Waals surface area contributed by atoms with Gasteiger partial charge in [0.2, 0.25) is 0 Å². The van der Waals surface area contributed by atoms with Crippen LogP contribution in [0, 0.1) is 6.92 Å². The number of carbonyl (C=O) groups is 1. The highest BCUT2D eigenvalue weighted by Crippen LogP contribution is 2.32. The second kappa shape index (κ2) is 6.01. The van der Waals surface area contributed by atoms with Crippen LogP contribution >= 0.6 is 34.3 Å². The lowest BCUT2D eigenvalue weighted by atomic mass is 10.4. The van der Waals surface area contributed by atoms with Gasteiger partial charge in [0, 0.05) is 17.3 Å². The summed E-state index contributed by atoms with van der Waals surface area (Å²) in [5, 5.41) is 5.23. The smallest absolute Gasteiger partial charge is 0.277 e. The lowest BCUT2D eigenvalue weighted by Crippen LogP contribution is -2.12. The van der Waals surface area contributed by atoms with Crippen molar-refractivity contribution in [3.05, 3.63) is 57.6 Å². The summed E-state index contributed by atoms with van der Waals surface area (Å²) in [4.78, 5) is 22.2. The number of anilines is 1. The number of hydrogen-bond acceptors (Lipinski definition) is 5. The number of pyridine rings is 1. The van der Waals surface area contributed by atoms with Crippen molar-refractivity contribution in [1.29, 1.82) is 0 Å². The van der Waals surface area contributed by atoms with E-state index in [0.29, 0.717) is 15.2 Å². The van der Waals surface area contributed by atoms with Crippen molar-refractivity contribution in [2.24, 2.45) is 0 Å². The zero-order valence-corrected chi connectivity index (χ0v) is 14.9. The molecule has 0 fully saturated rings. The van der Waals surface area contributed by atoms with E-state index in [1.54, 1.807) is 6.20 Å². The van der Waals surface area contributed by atoms with Gasteiger partial charge in [-0.2, -0.15) is 0 Å². The Morgan fingerprint density at radius 2 is 2.12 bits per heavy atom. The van der Waals surface area contributed by atoms with Crippen LogP contribution in [-0.2, 0) is 0 Å². The van der Waals surface area contributed by atoms with E-state index in [0.717, 1.165) is 21.9 Å². The van der Waals surface area contributed by atoms with Crippen molar-refractivity contribution < 1.29 is 4.79 Å². The number of fused-ring (bicyclic) bond motifs is 1. The SMILES string of the molecule is Cc1cccc2nc(C(=O)Nc3nc(-c4ccc(Cl)s4)cs3)cn12. The molecule has 0 radical (unpaired) electrons. The molecular formula is C16H11ClN4OS2. The van der Waals surface area contributed by atoms with Crippen LogP contribution in [0.4, 0.5) is 5.13 Å². The molecule has 24 heavy (non-hydrogen) atoms. The molecule has 4 rings (SSSR count). The van der Waals surface area contributed by atoms with Gasteiger partial charge in [0.1, 0.15) is 11.3 Å². The number of aryl methyl sites for hydroxylation is 1. The topological polar surface area (TPSA) is 59.3 Å². The van der Waals surface area contributed by atoms with Gasteiger partial charge in [-0.25, -0.2) is 9.97 Å². The summed E-state index contributed by atoms with van der Waals surface area (Å²) in [6, 6.07) is 9.50. The Balaban J connectivity index is 1.57. The number of nitrogens with one attached hydrogen (secondary N) is 1. The van der Waals surface area contributed by atoms with Gasteiger partial charge in [0.15, 0.2) is 5.13 Å². The Bertz CT molecular complexity index is 1050. The fourth-order valence-corrected chi connectivity index (χ4v) is 4.10. The zero-order chi connectivity index (χ0) is 16.7. The molecule has 0 atom stereocenters. The Morgan fingerprint density at radius 1 is 1.25 bits per heavy atom. The van der Waals surface area contributed by atoms with Gasteiger partial charge in [-0.1, -0.05) is 17.7 Å². The van der Waals surface area contributed by atoms with Crippen LogP contribution in [-0.4, -0.2) is 20.3 Å². The highest BCUT2D eigenvalue weighted by atomic mass is 35.5. The van der Waals surface area contributed by atoms with E-state index < -0.39 is 0 Å². The fourth-order valence-electron chi connectivity index (χ4n) is 2.32. The third-order valence-corrected chi connectivity index (χ3v) is 5.49. The molecule has 1 amide bonds. The molecule has 0 bridgehead atoms. The number of thiophene rings is 1. The number of rotatable bonds is 3. The summed E-state index contributed by atoms with van der Waals surface area (Å²) in [5.41, 5.74) is 2.93. The molecule has 4 aromatic rings. The summed E-state index contributed by atoms with van der Waals surface area (Å²) < 4.78 is 2.60. The normalized spacial score (nSPS) is 11.1. The first-order valence-electron chi connectivity index (χ1n) is 7.07. The van der Waals surface area contributed by atoms with E-state index in [-0.39, 0.29) is 5.91 Å². The number of thiazole rings is 1. The quantitative estimate of drug-likeness (QED) is 0.563. The van der Waals surface area contributed by atoms with E-state index >= 15 is 0 Å². The van der Waals surface area contributed by atoms with Gasteiger partial charge in [-0.05, 0) is 31.2 Å². The average molecular weight is 375 g/mol. The van der Waals surface area contributed by atoms with Crippen molar-refractivity contribution in [3.8, 4) is 10.6 Å². The third-order valence-electron chi connectivity index (χ3n) is 3.48. The van der Waals surface area contributed by atoms with Gasteiger partial charge >= 0.3 is 0 Å². The maximum atomic E-state index is 12.4. The molecule has 0 unspecified atom stereocenters. The van der Waals surface area contributed by atoms with E-state index in [1.807, 2.05) is 47.0 Å². The molecule has 120 valence electrons. The Kier molecular flexibility index (Phi) is 3.84. The predicted molar refractivity (Wildman–Crippen MR) is 98.3 cm³/mol. The Labute approximate surface area is 150 Å². The summed E-state index contributed by atoms with van der Waals surface area (Å²) in [6.45, 7) is 1.97. The minimum atomic E-state index is -0.275. The molecule has 4 heterocycles. The first-order valence-corrected chi connectivity index (χ1v) is 9.15. The molecule has 0 saturated heterocycles. The molecule has 4 aromatic heterocycles. The first-order chi connectivity index (χ1) is 11.6. The molecule has 0 spiro atoms. The van der Waals surface area contributed by atoms with Gasteiger partial charge in [-0.15, -0.1) is 22.7 Å². The van der Waals surface area contributed by atoms with Crippen LogP contribution in [0.2, 0.25) is 4.34 Å². The summed E-state index contributed by atoms with van der Waals surface area (Å²) in [6.07, 6.45) is 1.73. The molecule has 0 aromatic carbocycles. The second-order valence-corrected chi connectivity index (χ2v) is 7.69. The largest absolute Gasteiger partial charge is 0.304 e. The second-order valence-electron chi connectivity index (χ2n) is 5.12. The number of halogens is 1. The van der Waals surface area contributed by atoms with E-state index in [2.05, 4.69) is 15.3 Å². The number of aromatic nitrogens is 3. The first kappa shape index (κ1) is 15.3. The lowest BCUT2D eigenvalue weighted by Gasteiger charge is -1.97. The number of hydrogen-bond donors (Lipinski definition) is 1. The summed E-state index contributed by atoms with van der Waals surface area (Å²) in [7, 11) is 0. The molecule has 8 heteroatoms. The van der Waals surface area contributed by atoms with Crippen molar-refractivity contribution in [3.63, 3.8) is 0 Å². The minimum Gasteiger partial charge on any atom is -0.304 e. The number of carbonyl (C=O) groups excluding carboxylic acids is 1. The standard InChI is InChI=1S/C16H11ClN4OS2/c1-9-3-2-4-14-18-10(7-21(9)14)15(22)20-16-19-11(8-23-16)12-5-6-13(17)24-12/h2-8H,1H3,(H,19,20,22). The molecule has 0 aliphatic heterocycles. The highest BCUT2D eigenvalue weighted by molar-refractivity contribution is 7.20. The lowest BCUT2D eigenvalue weighted by molar-refractivity contribution is 0.102. The Hall–Kier alpha value is -2.22. The number of nitrogens with zero attached hydrogens (tertiary/aromatic N) is 3. The van der Waals surface area contributed by atoms with Gasteiger partial charge < -0.3 is 4.40 Å². The predicted octanol–water partition coefficient (Wildman–Crippen LogP) is 4.73. The van der Waals surface area contributed by atoms with E-state index in [9.17, 15) is 4.79 Å². The van der Waals surface area contributed by atoms with E-state index in [1.165, 1.54) is 22.7 Å². The van der Waals surface area contributed by atoms with Crippen molar-refractivity contribution in [2.45, 2.75) is 6.92 Å². The zero-order valence-electron chi connectivity index (χ0n) is 12.5. The minimum absolute atomic E-state index is 0.275. The van der Waals surface area contributed by atoms with Gasteiger partial charge in [-0.3, -0.25) is 10.1 Å². The van der Waals surface area contributed by atoms with Gasteiger partial charge in [0.05, 0.1) is 14.9 Å². The average Bonchev–Trinajstić information content (AvgIpc) is 3.26. The van der Waals surface area contributed by atoms with Crippen LogP contribution in [0.3, 0.4) is 0 Å². The monoisotopic (exact) mass is 374 g/mol. The van der Waals surface area contributed by atoms with Crippen molar-refractivity contribution >= 4 is 51.0 Å². The molecular weight excluding hydrogens is 364 g/mol. The molecule has 0 saturated carbocycles.